The molecule has 0 aliphatic carbocycles. The summed E-state index contributed by atoms with van der Waals surface area (Å²) in [5, 5.41) is 44.5. The van der Waals surface area contributed by atoms with Crippen LogP contribution in [0.3, 0.4) is 0 Å². The van der Waals surface area contributed by atoms with Crippen molar-refractivity contribution in [3.05, 3.63) is 30.3 Å². The Kier molecular flexibility index (Phi) is 8.07. The SMILES string of the molecule is OC[P+](CO)(CO)CO.[O-]c1ccccc1. The molecule has 0 radical (unpaired) electrons. The Morgan fingerprint density at radius 1 is 0.812 bits per heavy atom. The number of rotatable bonds is 4. The Morgan fingerprint density at radius 3 is 1.31 bits per heavy atom. The first-order valence-corrected chi connectivity index (χ1v) is 7.17. The van der Waals surface area contributed by atoms with Crippen LogP contribution < -0.4 is 5.11 Å². The number of para-hydroxylation sites is 1. The zero-order valence-corrected chi connectivity index (χ0v) is 9.75. The fourth-order valence-corrected chi connectivity index (χ4v) is 1.23. The lowest BCUT2D eigenvalue weighted by Crippen LogP contribution is -2.10. The minimum atomic E-state index is -2.20. The van der Waals surface area contributed by atoms with Crippen LogP contribution in [0, 0.1) is 0 Å². The minimum absolute atomic E-state index is 0.0718. The highest BCUT2D eigenvalue weighted by molar-refractivity contribution is 7.75. The Labute approximate surface area is 95.0 Å². The largest absolute Gasteiger partial charge is 0.872 e. The smallest absolute Gasteiger partial charge is 0.161 e. The molecular weight excluding hydrogens is 231 g/mol. The van der Waals surface area contributed by atoms with E-state index in [-0.39, 0.29) is 31.1 Å². The first-order valence-electron chi connectivity index (χ1n) is 4.64. The van der Waals surface area contributed by atoms with Gasteiger partial charge < -0.3 is 25.5 Å². The quantitative estimate of drug-likeness (QED) is 0.541. The molecule has 4 N–H and O–H groups in total. The van der Waals surface area contributed by atoms with E-state index in [1.165, 1.54) is 12.1 Å². The summed E-state index contributed by atoms with van der Waals surface area (Å²) in [6.45, 7) is 0. The van der Waals surface area contributed by atoms with Gasteiger partial charge in [-0.3, -0.25) is 0 Å². The number of aliphatic hydroxyl groups is 4. The molecular formula is C10H17O5P. The Bertz CT molecular complexity index is 246. The van der Waals surface area contributed by atoms with Crippen molar-refractivity contribution in [3.63, 3.8) is 0 Å². The zero-order valence-electron chi connectivity index (χ0n) is 8.86. The summed E-state index contributed by atoms with van der Waals surface area (Å²) < 4.78 is 0. The maximum absolute atomic E-state index is 10.3. The predicted molar refractivity (Wildman–Crippen MR) is 61.2 cm³/mol. The lowest BCUT2D eigenvalue weighted by molar-refractivity contribution is -0.268. The van der Waals surface area contributed by atoms with Gasteiger partial charge in [0.25, 0.3) is 0 Å². The van der Waals surface area contributed by atoms with Crippen LogP contribution in [0.25, 0.3) is 0 Å². The average molecular weight is 248 g/mol. The van der Waals surface area contributed by atoms with Crippen LogP contribution >= 0.6 is 7.26 Å². The second-order valence-corrected chi connectivity index (χ2v) is 7.04. The Morgan fingerprint density at radius 2 is 1.19 bits per heavy atom. The van der Waals surface area contributed by atoms with Gasteiger partial charge in [0.05, 0.1) is 0 Å². The summed E-state index contributed by atoms with van der Waals surface area (Å²) >= 11 is 0. The molecule has 0 atom stereocenters. The maximum atomic E-state index is 10.3. The fraction of sp³-hybridized carbons (Fsp3) is 0.400. The Balaban J connectivity index is 0.000000288. The number of aliphatic hydroxyl groups excluding tert-OH is 4. The molecule has 0 heterocycles. The second kappa shape index (κ2) is 8.44. The van der Waals surface area contributed by atoms with Crippen molar-refractivity contribution in [2.45, 2.75) is 0 Å². The molecule has 16 heavy (non-hydrogen) atoms. The lowest BCUT2D eigenvalue weighted by atomic mass is 10.3. The molecule has 0 aliphatic rings. The Hall–Kier alpha value is -0.710. The van der Waals surface area contributed by atoms with Crippen LogP contribution in [0.15, 0.2) is 30.3 Å². The standard InChI is InChI=1S/C6H6O.C4H12O4P/c7-6-4-2-1-3-5-6;5-1-9(2-6,3-7)4-8/h1-5,7H;5-8H,1-4H2/q;+1/p-1. The van der Waals surface area contributed by atoms with Gasteiger partial charge in [0.1, 0.15) is 7.26 Å². The van der Waals surface area contributed by atoms with Crippen LogP contribution in [-0.4, -0.2) is 45.8 Å². The molecule has 92 valence electrons. The molecule has 1 aromatic carbocycles. The predicted octanol–water partition coefficient (Wildman–Crippen LogP) is -0.437. The number of hydrogen-bond donors (Lipinski definition) is 4. The summed E-state index contributed by atoms with van der Waals surface area (Å²) in [6, 6.07) is 8.33. The van der Waals surface area contributed by atoms with E-state index in [2.05, 4.69) is 0 Å². The van der Waals surface area contributed by atoms with Gasteiger partial charge >= 0.3 is 0 Å². The summed E-state index contributed by atoms with van der Waals surface area (Å²) in [7, 11) is -2.20. The molecule has 0 saturated carbocycles. The molecule has 0 aromatic heterocycles. The van der Waals surface area contributed by atoms with E-state index >= 15 is 0 Å². The summed E-state index contributed by atoms with van der Waals surface area (Å²) in [4.78, 5) is 0. The number of hydrogen-bond acceptors (Lipinski definition) is 5. The first-order chi connectivity index (χ1) is 7.64. The van der Waals surface area contributed by atoms with Crippen molar-refractivity contribution >= 4 is 7.26 Å². The van der Waals surface area contributed by atoms with Crippen molar-refractivity contribution in [1.29, 1.82) is 0 Å². The van der Waals surface area contributed by atoms with Crippen LogP contribution in [0.2, 0.25) is 0 Å². The van der Waals surface area contributed by atoms with Gasteiger partial charge in [-0.05, 0) is 0 Å². The van der Waals surface area contributed by atoms with E-state index in [1.807, 2.05) is 6.07 Å². The molecule has 0 unspecified atom stereocenters. The molecule has 0 aliphatic heterocycles. The summed E-state index contributed by atoms with van der Waals surface area (Å²) in [6.07, 6.45) is -1.18. The van der Waals surface area contributed by atoms with Gasteiger partial charge in [-0.25, -0.2) is 0 Å². The normalized spacial score (nSPS) is 10.5. The van der Waals surface area contributed by atoms with E-state index in [0.717, 1.165) is 0 Å². The van der Waals surface area contributed by atoms with Crippen molar-refractivity contribution in [2.24, 2.45) is 0 Å². The summed E-state index contributed by atoms with van der Waals surface area (Å²) in [5.74, 6) is 0.0718. The van der Waals surface area contributed by atoms with Crippen molar-refractivity contribution in [1.82, 2.24) is 0 Å². The highest BCUT2D eigenvalue weighted by atomic mass is 31.2. The van der Waals surface area contributed by atoms with Gasteiger partial charge in [0.2, 0.25) is 0 Å². The molecule has 0 saturated heterocycles. The van der Waals surface area contributed by atoms with Crippen molar-refractivity contribution < 1.29 is 25.5 Å². The van der Waals surface area contributed by atoms with Gasteiger partial charge in [0.15, 0.2) is 25.4 Å². The average Bonchev–Trinajstić information content (AvgIpc) is 2.35. The molecule has 0 bridgehead atoms. The zero-order chi connectivity index (χ0) is 12.4. The van der Waals surface area contributed by atoms with Crippen molar-refractivity contribution in [2.75, 3.05) is 25.4 Å². The number of benzene rings is 1. The third-order valence-electron chi connectivity index (χ3n) is 1.94. The monoisotopic (exact) mass is 248 g/mol. The third-order valence-corrected chi connectivity index (χ3v) is 4.34. The minimum Gasteiger partial charge on any atom is -0.872 e. The van der Waals surface area contributed by atoms with Gasteiger partial charge in [0, 0.05) is 0 Å². The molecule has 1 aromatic rings. The van der Waals surface area contributed by atoms with Crippen LogP contribution in [-0.2, 0) is 0 Å². The summed E-state index contributed by atoms with van der Waals surface area (Å²) in [5.41, 5.74) is 0. The second-order valence-electron chi connectivity index (χ2n) is 3.22. The van der Waals surface area contributed by atoms with Gasteiger partial charge in [-0.1, -0.05) is 30.3 Å². The fourth-order valence-electron chi connectivity index (χ4n) is 0.689. The maximum Gasteiger partial charge on any atom is 0.161 e. The van der Waals surface area contributed by atoms with Gasteiger partial charge in [-0.15, -0.1) is 5.75 Å². The molecule has 6 heteroatoms. The van der Waals surface area contributed by atoms with E-state index in [4.69, 9.17) is 20.4 Å². The molecule has 5 nitrogen and oxygen atoms in total. The van der Waals surface area contributed by atoms with Crippen LogP contribution in [0.5, 0.6) is 5.75 Å². The topological polar surface area (TPSA) is 104 Å². The first kappa shape index (κ1) is 15.3. The third kappa shape index (κ3) is 5.39. The van der Waals surface area contributed by atoms with Crippen molar-refractivity contribution in [3.8, 4) is 5.75 Å². The lowest BCUT2D eigenvalue weighted by Gasteiger charge is -2.15. The molecule has 1 rings (SSSR count). The highest BCUT2D eigenvalue weighted by Gasteiger charge is 2.34. The van der Waals surface area contributed by atoms with E-state index in [0.29, 0.717) is 0 Å². The molecule has 0 fully saturated rings. The molecule has 0 amide bonds. The molecule has 0 spiro atoms. The van der Waals surface area contributed by atoms with Crippen LogP contribution in [0.1, 0.15) is 0 Å². The van der Waals surface area contributed by atoms with Gasteiger partial charge in [-0.2, -0.15) is 0 Å². The van der Waals surface area contributed by atoms with Crippen LogP contribution in [0.4, 0.5) is 0 Å². The van der Waals surface area contributed by atoms with E-state index < -0.39 is 7.26 Å². The van der Waals surface area contributed by atoms with E-state index in [9.17, 15) is 5.11 Å². The van der Waals surface area contributed by atoms with E-state index in [1.54, 1.807) is 12.1 Å². The highest BCUT2D eigenvalue weighted by Crippen LogP contribution is 2.54.